The standard InChI is InChI=1S/C15H19N5O3S/c21-24(22)9-5-12(10-24)20-7-3-11(4-8-20)15-17-14(19-23-15)13-2-1-6-16-18-13/h1-2,6,11-12H,3-5,7-10H2. The maximum Gasteiger partial charge on any atom is 0.230 e. The van der Waals surface area contributed by atoms with Gasteiger partial charge in [-0.05, 0) is 44.5 Å². The molecule has 0 aliphatic carbocycles. The number of piperidine rings is 1. The summed E-state index contributed by atoms with van der Waals surface area (Å²) in [6.45, 7) is 1.74. The van der Waals surface area contributed by atoms with Gasteiger partial charge in [0.05, 0.1) is 11.5 Å². The predicted molar refractivity (Wildman–Crippen MR) is 85.9 cm³/mol. The summed E-state index contributed by atoms with van der Waals surface area (Å²) in [7, 11) is -2.83. The zero-order chi connectivity index (χ0) is 16.6. The van der Waals surface area contributed by atoms with Gasteiger partial charge in [0.2, 0.25) is 11.7 Å². The smallest absolute Gasteiger partial charge is 0.230 e. The highest BCUT2D eigenvalue weighted by Crippen LogP contribution is 2.30. The lowest BCUT2D eigenvalue weighted by atomic mass is 9.95. The summed E-state index contributed by atoms with van der Waals surface area (Å²) >= 11 is 0. The Kier molecular flexibility index (Phi) is 4.05. The van der Waals surface area contributed by atoms with E-state index < -0.39 is 9.84 Å². The summed E-state index contributed by atoms with van der Waals surface area (Å²) in [6, 6.07) is 3.76. The van der Waals surface area contributed by atoms with Gasteiger partial charge in [0.15, 0.2) is 9.84 Å². The summed E-state index contributed by atoms with van der Waals surface area (Å²) in [6.07, 6.45) is 4.16. The maximum absolute atomic E-state index is 11.6. The minimum absolute atomic E-state index is 0.175. The van der Waals surface area contributed by atoms with Gasteiger partial charge in [0, 0.05) is 18.2 Å². The fourth-order valence-corrected chi connectivity index (χ4v) is 5.26. The SMILES string of the molecule is O=S1(=O)CCC(N2CCC(c3nc(-c4cccnn4)no3)CC2)C1. The van der Waals surface area contributed by atoms with Crippen molar-refractivity contribution in [3.8, 4) is 11.5 Å². The highest BCUT2D eigenvalue weighted by Gasteiger charge is 2.35. The second kappa shape index (κ2) is 6.21. The van der Waals surface area contributed by atoms with E-state index in [1.807, 2.05) is 0 Å². The first-order chi connectivity index (χ1) is 11.6. The fraction of sp³-hybridized carbons (Fsp3) is 0.600. The van der Waals surface area contributed by atoms with E-state index in [1.165, 1.54) is 0 Å². The van der Waals surface area contributed by atoms with Crippen molar-refractivity contribution in [2.75, 3.05) is 24.6 Å². The number of aromatic nitrogens is 4. The molecular formula is C15H19N5O3S. The second-order valence-corrected chi connectivity index (χ2v) is 8.66. The van der Waals surface area contributed by atoms with Gasteiger partial charge >= 0.3 is 0 Å². The molecule has 0 radical (unpaired) electrons. The van der Waals surface area contributed by atoms with E-state index in [1.54, 1.807) is 18.3 Å². The largest absolute Gasteiger partial charge is 0.339 e. The lowest BCUT2D eigenvalue weighted by Crippen LogP contribution is -2.41. The second-order valence-electron chi connectivity index (χ2n) is 6.43. The van der Waals surface area contributed by atoms with Crippen LogP contribution in [0.2, 0.25) is 0 Å². The molecule has 4 rings (SSSR count). The van der Waals surface area contributed by atoms with Crippen molar-refractivity contribution < 1.29 is 12.9 Å². The number of nitrogens with zero attached hydrogens (tertiary/aromatic N) is 5. The van der Waals surface area contributed by atoms with E-state index >= 15 is 0 Å². The Morgan fingerprint density at radius 2 is 2.04 bits per heavy atom. The molecule has 0 saturated carbocycles. The Hall–Kier alpha value is -1.87. The molecule has 2 aliphatic heterocycles. The Morgan fingerprint density at radius 3 is 2.71 bits per heavy atom. The molecule has 2 saturated heterocycles. The Balaban J connectivity index is 1.39. The number of hydrogen-bond acceptors (Lipinski definition) is 8. The third-order valence-corrected chi connectivity index (χ3v) is 6.60. The molecule has 4 heterocycles. The van der Waals surface area contributed by atoms with Crippen LogP contribution < -0.4 is 0 Å². The molecule has 2 aromatic rings. The highest BCUT2D eigenvalue weighted by atomic mass is 32.2. The van der Waals surface area contributed by atoms with Gasteiger partial charge in [-0.25, -0.2) is 8.42 Å². The van der Waals surface area contributed by atoms with Crippen LogP contribution in [-0.2, 0) is 9.84 Å². The number of likely N-dealkylation sites (tertiary alicyclic amines) is 1. The Bertz CT molecular complexity index is 800. The Labute approximate surface area is 140 Å². The molecule has 0 spiro atoms. The molecule has 0 N–H and O–H groups in total. The monoisotopic (exact) mass is 349 g/mol. The molecule has 2 fully saturated rings. The van der Waals surface area contributed by atoms with Crippen LogP contribution >= 0.6 is 0 Å². The summed E-state index contributed by atoms with van der Waals surface area (Å²) in [4.78, 5) is 6.75. The number of hydrogen-bond donors (Lipinski definition) is 0. The number of rotatable bonds is 3. The Morgan fingerprint density at radius 1 is 1.21 bits per heavy atom. The molecule has 24 heavy (non-hydrogen) atoms. The van der Waals surface area contributed by atoms with Crippen molar-refractivity contribution in [2.45, 2.75) is 31.2 Å². The molecule has 8 nitrogen and oxygen atoms in total. The minimum atomic E-state index is -2.83. The molecule has 128 valence electrons. The summed E-state index contributed by atoms with van der Waals surface area (Å²) in [5.41, 5.74) is 0.598. The quantitative estimate of drug-likeness (QED) is 0.805. The van der Waals surface area contributed by atoms with Crippen LogP contribution in [0.4, 0.5) is 0 Å². The van der Waals surface area contributed by atoms with E-state index in [0.29, 0.717) is 28.9 Å². The predicted octanol–water partition coefficient (Wildman–Crippen LogP) is 0.893. The van der Waals surface area contributed by atoms with Crippen molar-refractivity contribution >= 4 is 9.84 Å². The average molecular weight is 349 g/mol. The van der Waals surface area contributed by atoms with Crippen LogP contribution in [-0.4, -0.2) is 64.3 Å². The topological polar surface area (TPSA) is 102 Å². The van der Waals surface area contributed by atoms with Gasteiger partial charge in [-0.1, -0.05) is 5.16 Å². The summed E-state index contributed by atoms with van der Waals surface area (Å²) in [5.74, 6) is 1.94. The van der Waals surface area contributed by atoms with Crippen molar-refractivity contribution in [1.82, 2.24) is 25.2 Å². The average Bonchev–Trinajstić information content (AvgIpc) is 3.23. The van der Waals surface area contributed by atoms with Crippen molar-refractivity contribution in [3.63, 3.8) is 0 Å². The molecule has 9 heteroatoms. The van der Waals surface area contributed by atoms with Crippen molar-refractivity contribution in [3.05, 3.63) is 24.2 Å². The van der Waals surface area contributed by atoms with Crippen LogP contribution in [0.5, 0.6) is 0 Å². The maximum atomic E-state index is 11.6. The highest BCUT2D eigenvalue weighted by molar-refractivity contribution is 7.91. The molecule has 1 unspecified atom stereocenters. The van der Waals surface area contributed by atoms with Gasteiger partial charge in [0.1, 0.15) is 5.69 Å². The molecule has 0 bridgehead atoms. The lowest BCUT2D eigenvalue weighted by molar-refractivity contribution is 0.153. The third-order valence-electron chi connectivity index (χ3n) is 4.85. The number of sulfone groups is 1. The van der Waals surface area contributed by atoms with Gasteiger partial charge in [-0.15, -0.1) is 5.10 Å². The van der Waals surface area contributed by atoms with E-state index in [-0.39, 0.29) is 12.0 Å². The first-order valence-corrected chi connectivity index (χ1v) is 9.99. The molecule has 0 aromatic carbocycles. The van der Waals surface area contributed by atoms with Crippen LogP contribution in [0, 0.1) is 0 Å². The fourth-order valence-electron chi connectivity index (χ4n) is 3.50. The van der Waals surface area contributed by atoms with Gasteiger partial charge in [0.25, 0.3) is 0 Å². The van der Waals surface area contributed by atoms with Crippen LogP contribution in [0.15, 0.2) is 22.9 Å². The molecule has 2 aromatic heterocycles. The summed E-state index contributed by atoms with van der Waals surface area (Å²) in [5, 5.41) is 11.8. The van der Waals surface area contributed by atoms with Gasteiger partial charge in [-0.2, -0.15) is 10.1 Å². The van der Waals surface area contributed by atoms with Crippen LogP contribution in [0.3, 0.4) is 0 Å². The van der Waals surface area contributed by atoms with Gasteiger partial charge < -0.3 is 4.52 Å². The van der Waals surface area contributed by atoms with Crippen LogP contribution in [0.1, 0.15) is 31.1 Å². The zero-order valence-electron chi connectivity index (χ0n) is 13.2. The molecule has 0 amide bonds. The van der Waals surface area contributed by atoms with Crippen molar-refractivity contribution in [1.29, 1.82) is 0 Å². The third kappa shape index (κ3) is 3.18. The molecular weight excluding hydrogens is 330 g/mol. The van der Waals surface area contributed by atoms with Crippen LogP contribution in [0.25, 0.3) is 11.5 Å². The normalized spacial score (nSPS) is 25.1. The van der Waals surface area contributed by atoms with E-state index in [2.05, 4.69) is 25.2 Å². The summed E-state index contributed by atoms with van der Waals surface area (Å²) < 4.78 is 28.7. The van der Waals surface area contributed by atoms with Crippen molar-refractivity contribution in [2.24, 2.45) is 0 Å². The molecule has 1 atom stereocenters. The molecule has 2 aliphatic rings. The minimum Gasteiger partial charge on any atom is -0.339 e. The van der Waals surface area contributed by atoms with Gasteiger partial charge in [-0.3, -0.25) is 4.90 Å². The van der Waals surface area contributed by atoms with E-state index in [9.17, 15) is 8.42 Å². The first kappa shape index (κ1) is 15.6. The lowest BCUT2D eigenvalue weighted by Gasteiger charge is -2.34. The van der Waals surface area contributed by atoms with E-state index in [4.69, 9.17) is 4.52 Å². The first-order valence-electron chi connectivity index (χ1n) is 8.17. The van der Waals surface area contributed by atoms with E-state index in [0.717, 1.165) is 32.4 Å². The zero-order valence-corrected chi connectivity index (χ0v) is 14.0.